The van der Waals surface area contributed by atoms with Gasteiger partial charge in [-0.2, -0.15) is 0 Å². The van der Waals surface area contributed by atoms with E-state index in [4.69, 9.17) is 4.99 Å². The highest BCUT2D eigenvalue weighted by molar-refractivity contribution is 14.0. The van der Waals surface area contributed by atoms with Gasteiger partial charge in [-0.05, 0) is 33.1 Å². The van der Waals surface area contributed by atoms with Crippen LogP contribution in [0.5, 0.6) is 0 Å². The van der Waals surface area contributed by atoms with Crippen LogP contribution in [-0.4, -0.2) is 39.9 Å². The summed E-state index contributed by atoms with van der Waals surface area (Å²) in [5.74, 6) is 3.17. The summed E-state index contributed by atoms with van der Waals surface area (Å²) in [6.07, 6.45) is 12.1. The molecule has 27 heavy (non-hydrogen) atoms. The molecule has 156 valence electrons. The minimum Gasteiger partial charge on any atom is -0.357 e. The van der Waals surface area contributed by atoms with Crippen LogP contribution in [-0.2, 0) is 19.4 Å². The number of guanidine groups is 1. The number of rotatable bonds is 10. The summed E-state index contributed by atoms with van der Waals surface area (Å²) >= 11 is 0. The van der Waals surface area contributed by atoms with Gasteiger partial charge in [-0.1, -0.05) is 39.0 Å². The van der Waals surface area contributed by atoms with Gasteiger partial charge in [-0.3, -0.25) is 4.99 Å². The molecule has 6 nitrogen and oxygen atoms in total. The van der Waals surface area contributed by atoms with Gasteiger partial charge in [0, 0.05) is 38.5 Å². The van der Waals surface area contributed by atoms with Gasteiger partial charge < -0.3 is 15.2 Å². The minimum absolute atomic E-state index is 0. The zero-order valence-electron chi connectivity index (χ0n) is 17.5. The summed E-state index contributed by atoms with van der Waals surface area (Å²) in [6.45, 7) is 9.31. The lowest BCUT2D eigenvalue weighted by Crippen LogP contribution is -2.42. The zero-order chi connectivity index (χ0) is 18.6. The average molecular weight is 490 g/mol. The molecule has 0 aliphatic carbocycles. The molecular formula is C20H39IN6. The van der Waals surface area contributed by atoms with Crippen LogP contribution in [0.3, 0.4) is 0 Å². The first kappa shape index (κ1) is 24.2. The van der Waals surface area contributed by atoms with Gasteiger partial charge in [0.1, 0.15) is 11.6 Å². The fourth-order valence-corrected chi connectivity index (χ4v) is 3.50. The number of unbranched alkanes of at least 4 members (excludes halogenated alkanes) is 3. The zero-order valence-corrected chi connectivity index (χ0v) is 19.8. The molecule has 0 fully saturated rings. The van der Waals surface area contributed by atoms with Crippen LogP contribution in [0.4, 0.5) is 0 Å². The van der Waals surface area contributed by atoms with Gasteiger partial charge in [0.15, 0.2) is 5.96 Å². The summed E-state index contributed by atoms with van der Waals surface area (Å²) < 4.78 is 2.32. The highest BCUT2D eigenvalue weighted by atomic mass is 127. The molecule has 0 radical (unpaired) electrons. The number of hydrogen-bond acceptors (Lipinski definition) is 3. The van der Waals surface area contributed by atoms with Crippen molar-refractivity contribution in [1.29, 1.82) is 0 Å². The number of nitrogens with one attached hydrogen (secondary N) is 2. The molecule has 1 aliphatic rings. The second-order valence-corrected chi connectivity index (χ2v) is 7.40. The Bertz CT molecular complexity index is 543. The second kappa shape index (κ2) is 14.2. The van der Waals surface area contributed by atoms with Crippen LogP contribution in [0.2, 0.25) is 0 Å². The lowest BCUT2D eigenvalue weighted by atomic mass is 10.1. The number of nitrogens with zero attached hydrogens (tertiary/aromatic N) is 4. The Kier molecular flexibility index (Phi) is 12.7. The van der Waals surface area contributed by atoms with Crippen molar-refractivity contribution in [2.24, 2.45) is 4.99 Å². The number of aryl methyl sites for hydroxylation is 1. The van der Waals surface area contributed by atoms with Gasteiger partial charge in [0.2, 0.25) is 0 Å². The third kappa shape index (κ3) is 8.79. The molecule has 0 amide bonds. The molecule has 1 aromatic rings. The highest BCUT2D eigenvalue weighted by Crippen LogP contribution is 2.14. The Labute approximate surface area is 182 Å². The van der Waals surface area contributed by atoms with Crippen LogP contribution >= 0.6 is 24.0 Å². The van der Waals surface area contributed by atoms with E-state index in [1.54, 1.807) is 0 Å². The summed E-state index contributed by atoms with van der Waals surface area (Å²) in [5.41, 5.74) is 0. The molecule has 1 unspecified atom stereocenters. The molecule has 1 atom stereocenters. The molecule has 0 spiro atoms. The molecule has 2 rings (SSSR count). The van der Waals surface area contributed by atoms with Crippen molar-refractivity contribution >= 4 is 29.9 Å². The minimum atomic E-state index is 0. The van der Waals surface area contributed by atoms with Crippen molar-refractivity contribution in [1.82, 2.24) is 25.4 Å². The highest BCUT2D eigenvalue weighted by Gasteiger charge is 2.14. The monoisotopic (exact) mass is 490 g/mol. The number of hydrogen-bond donors (Lipinski definition) is 2. The van der Waals surface area contributed by atoms with Gasteiger partial charge in [0.25, 0.3) is 0 Å². The van der Waals surface area contributed by atoms with Crippen molar-refractivity contribution in [2.45, 2.75) is 97.6 Å². The quantitative estimate of drug-likeness (QED) is 0.225. The molecule has 1 aliphatic heterocycles. The maximum atomic E-state index is 4.76. The largest absolute Gasteiger partial charge is 0.357 e. The summed E-state index contributed by atoms with van der Waals surface area (Å²) in [4.78, 5) is 4.76. The first-order valence-electron chi connectivity index (χ1n) is 10.7. The normalized spacial score (nSPS) is 15.4. The Morgan fingerprint density at radius 3 is 2.78 bits per heavy atom. The summed E-state index contributed by atoms with van der Waals surface area (Å²) in [6, 6.07) is 0.453. The molecule has 0 saturated carbocycles. The van der Waals surface area contributed by atoms with Gasteiger partial charge in [0.05, 0.1) is 0 Å². The first-order valence-corrected chi connectivity index (χ1v) is 10.7. The van der Waals surface area contributed by atoms with Crippen molar-refractivity contribution in [2.75, 3.05) is 13.1 Å². The predicted octanol–water partition coefficient (Wildman–Crippen LogP) is 4.08. The van der Waals surface area contributed by atoms with E-state index in [1.807, 2.05) is 0 Å². The van der Waals surface area contributed by atoms with Crippen LogP contribution in [0.1, 0.15) is 83.8 Å². The van der Waals surface area contributed by atoms with E-state index < -0.39 is 0 Å². The van der Waals surface area contributed by atoms with Crippen molar-refractivity contribution in [3.8, 4) is 0 Å². The lowest BCUT2D eigenvalue weighted by Gasteiger charge is -2.17. The molecule has 0 saturated heterocycles. The number of halogens is 1. The average Bonchev–Trinajstić information content (AvgIpc) is 2.86. The second-order valence-electron chi connectivity index (χ2n) is 7.40. The fraction of sp³-hybridized carbons (Fsp3) is 0.850. The summed E-state index contributed by atoms with van der Waals surface area (Å²) in [7, 11) is 0. The van der Waals surface area contributed by atoms with Crippen molar-refractivity contribution in [3.63, 3.8) is 0 Å². The fourth-order valence-electron chi connectivity index (χ4n) is 3.50. The Hall–Kier alpha value is -0.860. The third-order valence-corrected chi connectivity index (χ3v) is 5.01. The molecule has 0 aromatic carbocycles. The van der Waals surface area contributed by atoms with E-state index >= 15 is 0 Å². The predicted molar refractivity (Wildman–Crippen MR) is 124 cm³/mol. The number of aromatic nitrogens is 3. The van der Waals surface area contributed by atoms with Crippen LogP contribution in [0, 0.1) is 0 Å². The van der Waals surface area contributed by atoms with E-state index in [1.165, 1.54) is 51.4 Å². The van der Waals surface area contributed by atoms with Crippen molar-refractivity contribution in [3.05, 3.63) is 11.6 Å². The maximum absolute atomic E-state index is 4.76. The SMILES string of the molecule is CCCCCCC(C)NC(=NCCc1nnc2n1CCCCC2)NCC.I. The van der Waals surface area contributed by atoms with E-state index in [0.29, 0.717) is 6.04 Å². The van der Waals surface area contributed by atoms with Crippen LogP contribution in [0.15, 0.2) is 4.99 Å². The smallest absolute Gasteiger partial charge is 0.191 e. The Morgan fingerprint density at radius 1 is 1.15 bits per heavy atom. The van der Waals surface area contributed by atoms with Crippen LogP contribution < -0.4 is 10.6 Å². The topological polar surface area (TPSA) is 67.1 Å². The van der Waals surface area contributed by atoms with E-state index in [0.717, 1.165) is 50.1 Å². The van der Waals surface area contributed by atoms with Crippen LogP contribution in [0.25, 0.3) is 0 Å². The molecule has 0 bridgehead atoms. The molecule has 2 N–H and O–H groups in total. The molecule has 7 heteroatoms. The van der Waals surface area contributed by atoms with E-state index in [2.05, 4.69) is 46.2 Å². The number of aliphatic imine (C=N–C) groups is 1. The van der Waals surface area contributed by atoms with E-state index in [9.17, 15) is 0 Å². The lowest BCUT2D eigenvalue weighted by molar-refractivity contribution is 0.537. The Morgan fingerprint density at radius 2 is 2.00 bits per heavy atom. The molecule has 2 heterocycles. The summed E-state index contributed by atoms with van der Waals surface area (Å²) in [5, 5.41) is 15.7. The van der Waals surface area contributed by atoms with E-state index in [-0.39, 0.29) is 24.0 Å². The molecular weight excluding hydrogens is 451 g/mol. The van der Waals surface area contributed by atoms with Gasteiger partial charge in [-0.25, -0.2) is 0 Å². The standard InChI is InChI=1S/C20H38N6.HI/c1-4-6-7-9-12-17(3)23-20(21-5-2)22-15-14-19-25-24-18-13-10-8-11-16-26(18)19;/h17H,4-16H2,1-3H3,(H2,21,22,23);1H. The van der Waals surface area contributed by atoms with Crippen molar-refractivity contribution < 1.29 is 0 Å². The maximum Gasteiger partial charge on any atom is 0.191 e. The Balaban J connectivity index is 0.00000364. The molecule has 1 aromatic heterocycles. The number of fused-ring (bicyclic) bond motifs is 1. The first-order chi connectivity index (χ1) is 12.7. The van der Waals surface area contributed by atoms with Gasteiger partial charge >= 0.3 is 0 Å². The third-order valence-electron chi connectivity index (χ3n) is 5.01. The van der Waals surface area contributed by atoms with Gasteiger partial charge in [-0.15, -0.1) is 34.2 Å².